The molecule has 0 aliphatic rings. The van der Waals surface area contributed by atoms with Crippen molar-refractivity contribution < 1.29 is 18.3 Å². The van der Waals surface area contributed by atoms with E-state index in [1.807, 2.05) is 6.07 Å². The molecule has 2 aromatic rings. The second-order valence-corrected chi connectivity index (χ2v) is 4.07. The summed E-state index contributed by atoms with van der Waals surface area (Å²) in [5.74, 6) is -2.39. The molecule has 0 atom stereocenters. The Balaban J connectivity index is 1.93. The third-order valence-electron chi connectivity index (χ3n) is 2.58. The molecule has 0 heterocycles. The van der Waals surface area contributed by atoms with Crippen LogP contribution in [-0.2, 0) is 4.79 Å². The van der Waals surface area contributed by atoms with E-state index in [4.69, 9.17) is 10.00 Å². The van der Waals surface area contributed by atoms with Crippen LogP contribution in [-0.4, -0.2) is 12.5 Å². The summed E-state index contributed by atoms with van der Waals surface area (Å²) >= 11 is 0. The van der Waals surface area contributed by atoms with Crippen molar-refractivity contribution in [2.75, 3.05) is 11.9 Å². The zero-order valence-electron chi connectivity index (χ0n) is 10.8. The summed E-state index contributed by atoms with van der Waals surface area (Å²) in [6, 6.07) is 11.6. The third kappa shape index (κ3) is 3.76. The Kier molecular flexibility index (Phi) is 4.46. The first-order chi connectivity index (χ1) is 10.1. The van der Waals surface area contributed by atoms with Crippen LogP contribution < -0.4 is 10.1 Å². The fourth-order valence-electron chi connectivity index (χ4n) is 1.56. The molecule has 0 spiro atoms. The summed E-state index contributed by atoms with van der Waals surface area (Å²) in [5, 5.41) is 10.9. The molecular formula is C15H10F2N2O2. The number of amides is 1. The topological polar surface area (TPSA) is 62.1 Å². The lowest BCUT2D eigenvalue weighted by Crippen LogP contribution is -2.21. The highest BCUT2D eigenvalue weighted by molar-refractivity contribution is 5.92. The summed E-state index contributed by atoms with van der Waals surface area (Å²) in [6.45, 7) is -0.359. The number of hydrogen-bond donors (Lipinski definition) is 1. The number of nitrogens with one attached hydrogen (secondary N) is 1. The number of benzene rings is 2. The third-order valence-corrected chi connectivity index (χ3v) is 2.58. The second-order valence-electron chi connectivity index (χ2n) is 4.07. The fraction of sp³-hybridized carbons (Fsp3) is 0.0667. The van der Waals surface area contributed by atoms with Crippen LogP contribution in [0.15, 0.2) is 42.5 Å². The molecule has 0 saturated heterocycles. The van der Waals surface area contributed by atoms with Gasteiger partial charge in [0, 0.05) is 0 Å². The van der Waals surface area contributed by atoms with E-state index in [9.17, 15) is 13.6 Å². The van der Waals surface area contributed by atoms with Gasteiger partial charge in [-0.2, -0.15) is 5.26 Å². The van der Waals surface area contributed by atoms with Crippen LogP contribution in [0, 0.1) is 23.0 Å². The Bertz CT molecular complexity index is 694. The fourth-order valence-corrected chi connectivity index (χ4v) is 1.56. The summed E-state index contributed by atoms with van der Waals surface area (Å²) < 4.78 is 31.5. The molecule has 2 rings (SSSR count). The molecule has 0 saturated carbocycles. The summed E-state index contributed by atoms with van der Waals surface area (Å²) in [6.07, 6.45) is 0. The first-order valence-corrected chi connectivity index (χ1v) is 5.97. The minimum atomic E-state index is -1.12. The normalized spacial score (nSPS) is 9.76. The van der Waals surface area contributed by atoms with E-state index in [1.165, 1.54) is 24.3 Å². The van der Waals surface area contributed by atoms with Crippen molar-refractivity contribution in [1.29, 1.82) is 5.26 Å². The minimum Gasteiger partial charge on any atom is -0.484 e. The van der Waals surface area contributed by atoms with Crippen molar-refractivity contribution >= 4 is 11.6 Å². The number of hydrogen-bond acceptors (Lipinski definition) is 3. The van der Waals surface area contributed by atoms with Gasteiger partial charge in [-0.15, -0.1) is 0 Å². The molecule has 0 radical (unpaired) electrons. The van der Waals surface area contributed by atoms with Crippen LogP contribution in [0.3, 0.4) is 0 Å². The molecule has 1 amide bonds. The first kappa shape index (κ1) is 14.5. The van der Waals surface area contributed by atoms with E-state index in [2.05, 4.69) is 5.32 Å². The van der Waals surface area contributed by atoms with Crippen LogP contribution >= 0.6 is 0 Å². The molecule has 6 heteroatoms. The highest BCUT2D eigenvalue weighted by Gasteiger charge is 2.11. The smallest absolute Gasteiger partial charge is 0.262 e. The predicted octanol–water partition coefficient (Wildman–Crippen LogP) is 2.85. The maximum absolute atomic E-state index is 13.3. The van der Waals surface area contributed by atoms with Crippen molar-refractivity contribution in [1.82, 2.24) is 0 Å². The van der Waals surface area contributed by atoms with Gasteiger partial charge in [0.2, 0.25) is 0 Å². The van der Waals surface area contributed by atoms with E-state index >= 15 is 0 Å². The molecule has 2 aromatic carbocycles. The van der Waals surface area contributed by atoms with Crippen molar-refractivity contribution in [3.8, 4) is 11.8 Å². The zero-order chi connectivity index (χ0) is 15.2. The van der Waals surface area contributed by atoms with Crippen LogP contribution in [0.4, 0.5) is 14.5 Å². The number of carbonyl (C=O) groups is 1. The number of nitriles is 1. The number of ether oxygens (including phenoxy) is 1. The van der Waals surface area contributed by atoms with E-state index < -0.39 is 17.5 Å². The van der Waals surface area contributed by atoms with Crippen molar-refractivity contribution in [3.05, 3.63) is 59.7 Å². The lowest BCUT2D eigenvalue weighted by molar-refractivity contribution is -0.118. The van der Waals surface area contributed by atoms with Gasteiger partial charge >= 0.3 is 0 Å². The van der Waals surface area contributed by atoms with Crippen LogP contribution in [0.1, 0.15) is 5.56 Å². The molecule has 106 valence electrons. The molecule has 0 aromatic heterocycles. The van der Waals surface area contributed by atoms with Gasteiger partial charge in [0.15, 0.2) is 18.2 Å². The van der Waals surface area contributed by atoms with Gasteiger partial charge in [-0.05, 0) is 36.4 Å². The molecule has 21 heavy (non-hydrogen) atoms. The quantitative estimate of drug-likeness (QED) is 0.941. The van der Waals surface area contributed by atoms with Gasteiger partial charge in [0.05, 0.1) is 17.3 Å². The SMILES string of the molecule is N#Cc1ccc(OCC(=O)Nc2cccc(F)c2F)cc1. The predicted molar refractivity (Wildman–Crippen MR) is 71.6 cm³/mol. The standard InChI is InChI=1S/C15H10F2N2O2/c16-12-2-1-3-13(15(12)17)19-14(20)9-21-11-6-4-10(8-18)5-7-11/h1-7H,9H2,(H,19,20). The van der Waals surface area contributed by atoms with E-state index in [0.29, 0.717) is 11.3 Å². The van der Waals surface area contributed by atoms with Gasteiger partial charge in [0.1, 0.15) is 5.75 Å². The maximum atomic E-state index is 13.3. The van der Waals surface area contributed by atoms with Crippen molar-refractivity contribution in [2.45, 2.75) is 0 Å². The number of rotatable bonds is 4. The Hall–Kier alpha value is -2.94. The monoisotopic (exact) mass is 288 g/mol. The minimum absolute atomic E-state index is 0.247. The largest absolute Gasteiger partial charge is 0.484 e. The number of halogens is 2. The zero-order valence-corrected chi connectivity index (χ0v) is 10.8. The average Bonchev–Trinajstić information content (AvgIpc) is 2.50. The number of anilines is 1. The highest BCUT2D eigenvalue weighted by Crippen LogP contribution is 2.16. The summed E-state index contributed by atoms with van der Waals surface area (Å²) in [7, 11) is 0. The van der Waals surface area contributed by atoms with Crippen LogP contribution in [0.25, 0.3) is 0 Å². The van der Waals surface area contributed by atoms with Gasteiger partial charge in [0.25, 0.3) is 5.91 Å². The van der Waals surface area contributed by atoms with E-state index in [1.54, 1.807) is 12.1 Å². The van der Waals surface area contributed by atoms with E-state index in [0.717, 1.165) is 6.07 Å². The first-order valence-electron chi connectivity index (χ1n) is 5.97. The highest BCUT2D eigenvalue weighted by atomic mass is 19.2. The molecule has 0 bridgehead atoms. The Labute approximate surface area is 119 Å². The summed E-state index contributed by atoms with van der Waals surface area (Å²) in [5.41, 5.74) is 0.220. The molecule has 4 nitrogen and oxygen atoms in total. The van der Waals surface area contributed by atoms with Gasteiger partial charge in [-0.25, -0.2) is 8.78 Å². The van der Waals surface area contributed by atoms with Gasteiger partial charge in [-0.1, -0.05) is 6.07 Å². The van der Waals surface area contributed by atoms with Gasteiger partial charge < -0.3 is 10.1 Å². The van der Waals surface area contributed by atoms with E-state index in [-0.39, 0.29) is 12.3 Å². The average molecular weight is 288 g/mol. The molecule has 1 N–H and O–H groups in total. The van der Waals surface area contributed by atoms with Gasteiger partial charge in [-0.3, -0.25) is 4.79 Å². The Morgan fingerprint density at radius 3 is 2.57 bits per heavy atom. The lowest BCUT2D eigenvalue weighted by atomic mass is 10.2. The second kappa shape index (κ2) is 6.48. The molecule has 0 fully saturated rings. The van der Waals surface area contributed by atoms with Crippen molar-refractivity contribution in [3.63, 3.8) is 0 Å². The van der Waals surface area contributed by atoms with Crippen LogP contribution in [0.5, 0.6) is 5.75 Å². The summed E-state index contributed by atoms with van der Waals surface area (Å²) in [4.78, 5) is 11.6. The maximum Gasteiger partial charge on any atom is 0.262 e. The molecular weight excluding hydrogens is 278 g/mol. The van der Waals surface area contributed by atoms with Crippen molar-refractivity contribution in [2.24, 2.45) is 0 Å². The molecule has 0 unspecified atom stereocenters. The van der Waals surface area contributed by atoms with Crippen LogP contribution in [0.2, 0.25) is 0 Å². The molecule has 0 aliphatic carbocycles. The molecule has 0 aliphatic heterocycles. The number of carbonyl (C=O) groups excluding carboxylic acids is 1. The lowest BCUT2D eigenvalue weighted by Gasteiger charge is -2.08. The Morgan fingerprint density at radius 1 is 1.19 bits per heavy atom. The Morgan fingerprint density at radius 2 is 1.90 bits per heavy atom. The number of nitrogens with zero attached hydrogens (tertiary/aromatic N) is 1.